The van der Waals surface area contributed by atoms with Crippen molar-refractivity contribution in [3.63, 3.8) is 0 Å². The highest BCUT2D eigenvalue weighted by atomic mass is 35.5. The lowest BCUT2D eigenvalue weighted by Crippen LogP contribution is -2.44. The summed E-state index contributed by atoms with van der Waals surface area (Å²) >= 11 is 0. The first-order valence-electron chi connectivity index (χ1n) is 12.0. The van der Waals surface area contributed by atoms with E-state index in [2.05, 4.69) is 59.5 Å². The molecule has 4 heteroatoms. The third-order valence-electron chi connectivity index (χ3n) is 6.65. The van der Waals surface area contributed by atoms with Gasteiger partial charge >= 0.3 is 0 Å². The average molecular weight is 466 g/mol. The highest BCUT2D eigenvalue weighted by Gasteiger charge is 2.40. The van der Waals surface area contributed by atoms with Crippen molar-refractivity contribution in [1.29, 1.82) is 0 Å². The highest BCUT2D eigenvalue weighted by Crippen LogP contribution is 2.41. The van der Waals surface area contributed by atoms with Gasteiger partial charge in [-0.3, -0.25) is 0 Å². The fourth-order valence-corrected chi connectivity index (χ4v) is 4.96. The Morgan fingerprint density at radius 2 is 1.45 bits per heavy atom. The van der Waals surface area contributed by atoms with Crippen molar-refractivity contribution >= 4 is 12.4 Å². The second-order valence-corrected chi connectivity index (χ2v) is 8.87. The van der Waals surface area contributed by atoms with Crippen LogP contribution in [0.5, 0.6) is 5.75 Å². The van der Waals surface area contributed by atoms with Crippen LogP contribution in [0.1, 0.15) is 48.8 Å². The van der Waals surface area contributed by atoms with Gasteiger partial charge in [0.2, 0.25) is 0 Å². The molecule has 2 unspecified atom stereocenters. The zero-order valence-electron chi connectivity index (χ0n) is 19.5. The van der Waals surface area contributed by atoms with Crippen molar-refractivity contribution < 1.29 is 9.84 Å². The molecule has 4 rings (SSSR count). The maximum Gasteiger partial charge on any atom is 0.119 e. The van der Waals surface area contributed by atoms with Gasteiger partial charge in [-0.2, -0.15) is 0 Å². The van der Waals surface area contributed by atoms with Crippen LogP contribution >= 0.6 is 12.4 Å². The van der Waals surface area contributed by atoms with Crippen molar-refractivity contribution in [2.24, 2.45) is 0 Å². The minimum Gasteiger partial charge on any atom is -0.494 e. The third-order valence-corrected chi connectivity index (χ3v) is 6.65. The fraction of sp³-hybridized carbons (Fsp3) is 0.379. The molecule has 0 aliphatic carbocycles. The molecule has 1 N–H and O–H groups in total. The van der Waals surface area contributed by atoms with Crippen LogP contribution in [0.15, 0.2) is 84.9 Å². The second-order valence-electron chi connectivity index (χ2n) is 8.87. The molecule has 1 saturated heterocycles. The Morgan fingerprint density at radius 3 is 2.06 bits per heavy atom. The molecule has 0 aromatic heterocycles. The van der Waals surface area contributed by atoms with Crippen LogP contribution in [0, 0.1) is 0 Å². The van der Waals surface area contributed by atoms with Gasteiger partial charge in [-0.25, -0.2) is 0 Å². The van der Waals surface area contributed by atoms with Crippen LogP contribution in [0.2, 0.25) is 0 Å². The Labute approximate surface area is 204 Å². The molecular weight excluding hydrogens is 430 g/mol. The van der Waals surface area contributed by atoms with E-state index < -0.39 is 5.60 Å². The normalized spacial score (nSPS) is 16.9. The maximum atomic E-state index is 12.5. The number of piperidine rings is 1. The van der Waals surface area contributed by atoms with E-state index in [0.717, 1.165) is 36.5 Å². The van der Waals surface area contributed by atoms with E-state index in [1.54, 1.807) is 0 Å². The van der Waals surface area contributed by atoms with Crippen LogP contribution in [0.4, 0.5) is 0 Å². The van der Waals surface area contributed by atoms with Gasteiger partial charge in [0.05, 0.1) is 6.61 Å². The summed E-state index contributed by atoms with van der Waals surface area (Å²) in [6, 6.07) is 29.0. The highest BCUT2D eigenvalue weighted by molar-refractivity contribution is 5.85. The monoisotopic (exact) mass is 465 g/mol. The van der Waals surface area contributed by atoms with Crippen LogP contribution < -0.4 is 4.74 Å². The zero-order valence-corrected chi connectivity index (χ0v) is 20.3. The Kier molecular flexibility index (Phi) is 9.37. The lowest BCUT2D eigenvalue weighted by molar-refractivity contribution is -0.00677. The fourth-order valence-electron chi connectivity index (χ4n) is 4.96. The van der Waals surface area contributed by atoms with E-state index in [9.17, 15) is 5.11 Å². The summed E-state index contributed by atoms with van der Waals surface area (Å²) in [6.45, 7) is 5.68. The molecule has 1 heterocycles. The maximum absolute atomic E-state index is 12.5. The van der Waals surface area contributed by atoms with Gasteiger partial charge in [-0.15, -0.1) is 12.4 Å². The molecule has 33 heavy (non-hydrogen) atoms. The topological polar surface area (TPSA) is 32.7 Å². The van der Waals surface area contributed by atoms with Gasteiger partial charge < -0.3 is 14.7 Å². The Hall–Kier alpha value is -2.33. The largest absolute Gasteiger partial charge is 0.494 e. The quantitative estimate of drug-likeness (QED) is 0.408. The molecule has 1 aliphatic rings. The first-order chi connectivity index (χ1) is 15.7. The molecule has 0 amide bonds. The predicted octanol–water partition coefficient (Wildman–Crippen LogP) is 6.21. The lowest BCUT2D eigenvalue weighted by Gasteiger charge is -2.41. The van der Waals surface area contributed by atoms with Crippen LogP contribution in [-0.2, 0) is 12.0 Å². The Balaban J connectivity index is 0.00000306. The second kappa shape index (κ2) is 12.2. The van der Waals surface area contributed by atoms with Gasteiger partial charge in [0, 0.05) is 18.9 Å². The van der Waals surface area contributed by atoms with E-state index in [1.807, 2.05) is 37.3 Å². The Bertz CT molecular complexity index is 942. The van der Waals surface area contributed by atoms with E-state index >= 15 is 0 Å². The lowest BCUT2D eigenvalue weighted by atomic mass is 9.73. The van der Waals surface area contributed by atoms with Crippen molar-refractivity contribution in [2.75, 3.05) is 26.2 Å². The average Bonchev–Trinajstić information content (AvgIpc) is 2.85. The molecule has 1 fully saturated rings. The van der Waals surface area contributed by atoms with Crippen molar-refractivity contribution in [1.82, 2.24) is 4.90 Å². The molecule has 0 radical (unpaired) electrons. The summed E-state index contributed by atoms with van der Waals surface area (Å²) in [6.07, 6.45) is 4.35. The summed E-state index contributed by atoms with van der Waals surface area (Å²) in [7, 11) is 0. The number of hydrogen-bond acceptors (Lipinski definition) is 3. The summed E-state index contributed by atoms with van der Waals surface area (Å²) in [5, 5.41) is 12.5. The van der Waals surface area contributed by atoms with Crippen LogP contribution in [0.25, 0.3) is 0 Å². The van der Waals surface area contributed by atoms with Crippen molar-refractivity contribution in [2.45, 2.75) is 44.1 Å². The van der Waals surface area contributed by atoms with E-state index in [-0.39, 0.29) is 18.3 Å². The number of likely N-dealkylation sites (tertiary alicyclic amines) is 1. The molecule has 3 aromatic rings. The molecule has 0 spiro atoms. The van der Waals surface area contributed by atoms with E-state index in [4.69, 9.17) is 4.74 Å². The molecule has 176 valence electrons. The first-order valence-corrected chi connectivity index (χ1v) is 12.0. The standard InChI is InChI=1S/C29H35NO2.ClH/c1-2-32-27-18-16-26(17-19-27)29(31,22-24-12-6-3-7-13-24)28(25-14-8-4-9-15-25)23-30-20-10-5-11-21-30;/h3-4,6-9,12-19,28,31H,2,5,10-11,20-23H2,1H3;1H. The van der Waals surface area contributed by atoms with E-state index in [1.165, 1.54) is 24.8 Å². The molecule has 0 saturated carbocycles. The SMILES string of the molecule is CCOc1ccc(C(O)(Cc2ccccc2)C(CN2CCCCC2)c2ccccc2)cc1.Cl. The summed E-state index contributed by atoms with van der Waals surface area (Å²) < 4.78 is 5.67. The van der Waals surface area contributed by atoms with Crippen molar-refractivity contribution in [3.8, 4) is 5.75 Å². The van der Waals surface area contributed by atoms with Crippen LogP contribution in [-0.4, -0.2) is 36.2 Å². The van der Waals surface area contributed by atoms with Crippen molar-refractivity contribution in [3.05, 3.63) is 102 Å². The number of nitrogens with zero attached hydrogens (tertiary/aromatic N) is 1. The number of aliphatic hydroxyl groups is 1. The Morgan fingerprint density at radius 1 is 0.848 bits per heavy atom. The first kappa shape index (κ1) is 25.3. The molecule has 3 aromatic carbocycles. The van der Waals surface area contributed by atoms with Gasteiger partial charge in [0.15, 0.2) is 0 Å². The smallest absolute Gasteiger partial charge is 0.119 e. The van der Waals surface area contributed by atoms with Gasteiger partial charge in [-0.05, 0) is 61.7 Å². The number of rotatable bonds is 9. The number of hydrogen-bond donors (Lipinski definition) is 1. The summed E-state index contributed by atoms with van der Waals surface area (Å²) in [4.78, 5) is 2.53. The summed E-state index contributed by atoms with van der Waals surface area (Å²) in [5.41, 5.74) is 2.23. The third kappa shape index (κ3) is 6.38. The van der Waals surface area contributed by atoms with E-state index in [0.29, 0.717) is 13.0 Å². The van der Waals surface area contributed by atoms with Crippen LogP contribution in [0.3, 0.4) is 0 Å². The molecule has 0 bridgehead atoms. The minimum atomic E-state index is -1.04. The summed E-state index contributed by atoms with van der Waals surface area (Å²) in [5.74, 6) is 0.797. The van der Waals surface area contributed by atoms with Gasteiger partial charge in [0.25, 0.3) is 0 Å². The molecule has 2 atom stereocenters. The minimum absolute atomic E-state index is 0. The number of benzene rings is 3. The predicted molar refractivity (Wildman–Crippen MR) is 138 cm³/mol. The number of ether oxygens (including phenoxy) is 1. The zero-order chi connectivity index (χ0) is 22.2. The molecular formula is C29H36ClNO2. The molecule has 3 nitrogen and oxygen atoms in total. The van der Waals surface area contributed by atoms with Gasteiger partial charge in [-0.1, -0.05) is 79.2 Å². The van der Waals surface area contributed by atoms with Gasteiger partial charge in [0.1, 0.15) is 11.4 Å². The number of halogens is 1. The molecule has 1 aliphatic heterocycles.